The van der Waals surface area contributed by atoms with Crippen LogP contribution >= 0.6 is 23.1 Å². The van der Waals surface area contributed by atoms with Crippen molar-refractivity contribution in [3.63, 3.8) is 0 Å². The Hall–Kier alpha value is -3.10. The number of carbonyl (C=O) groups is 1. The summed E-state index contributed by atoms with van der Waals surface area (Å²) in [5, 5.41) is 1.27. The summed E-state index contributed by atoms with van der Waals surface area (Å²) in [6, 6.07) is 14.8. The first-order valence-corrected chi connectivity index (χ1v) is 12.7. The number of hydrogen-bond donors (Lipinski definition) is 0. The highest BCUT2D eigenvalue weighted by molar-refractivity contribution is 7.99. The first kappa shape index (κ1) is 20.5. The molecular formula is C25H20N2O4S2. The van der Waals surface area contributed by atoms with Crippen LogP contribution in [0.2, 0.25) is 0 Å². The number of ketones is 1. The second kappa shape index (κ2) is 8.35. The summed E-state index contributed by atoms with van der Waals surface area (Å²) in [7, 11) is 0. The highest BCUT2D eigenvalue weighted by Crippen LogP contribution is 2.36. The smallest absolute Gasteiger partial charge is 0.267 e. The van der Waals surface area contributed by atoms with Crippen LogP contribution in [-0.2, 0) is 12.8 Å². The van der Waals surface area contributed by atoms with Gasteiger partial charge in [0, 0.05) is 10.4 Å². The monoisotopic (exact) mass is 476 g/mol. The molecule has 6 rings (SSSR count). The SMILES string of the molecule is O=C(CSc1nc2sc3c(c2c(=O)n1-c1ccccc1)CCC3)c1ccc2c(c1)OCCO2. The minimum absolute atomic E-state index is 0.0557. The highest BCUT2D eigenvalue weighted by atomic mass is 32.2. The molecule has 2 aromatic carbocycles. The molecule has 33 heavy (non-hydrogen) atoms. The normalized spacial score (nSPS) is 14.4. The molecule has 0 radical (unpaired) electrons. The van der Waals surface area contributed by atoms with Crippen molar-refractivity contribution in [3.05, 3.63) is 74.9 Å². The Kier molecular flexibility index (Phi) is 5.19. The Morgan fingerprint density at radius 3 is 2.73 bits per heavy atom. The van der Waals surface area contributed by atoms with Gasteiger partial charge in [-0.15, -0.1) is 11.3 Å². The fourth-order valence-electron chi connectivity index (χ4n) is 4.36. The number of benzene rings is 2. The van der Waals surface area contributed by atoms with Crippen molar-refractivity contribution in [2.45, 2.75) is 24.4 Å². The van der Waals surface area contributed by atoms with Crippen molar-refractivity contribution in [2.24, 2.45) is 0 Å². The molecular weight excluding hydrogens is 456 g/mol. The maximum absolute atomic E-state index is 13.6. The molecule has 0 saturated carbocycles. The van der Waals surface area contributed by atoms with E-state index in [0.29, 0.717) is 35.4 Å². The lowest BCUT2D eigenvalue weighted by atomic mass is 10.1. The third-order valence-electron chi connectivity index (χ3n) is 5.92. The quantitative estimate of drug-likeness (QED) is 0.237. The van der Waals surface area contributed by atoms with Crippen LogP contribution in [0.4, 0.5) is 0 Å². The van der Waals surface area contributed by atoms with Crippen LogP contribution < -0.4 is 15.0 Å². The van der Waals surface area contributed by atoms with E-state index < -0.39 is 0 Å². The van der Waals surface area contributed by atoms with Gasteiger partial charge >= 0.3 is 0 Å². The van der Waals surface area contributed by atoms with Crippen LogP contribution in [0, 0.1) is 0 Å². The van der Waals surface area contributed by atoms with Crippen molar-refractivity contribution in [1.29, 1.82) is 0 Å². The molecule has 0 N–H and O–H groups in total. The fourth-order valence-corrected chi connectivity index (χ4v) is 6.57. The average Bonchev–Trinajstić information content (AvgIpc) is 3.44. The number of thiophene rings is 1. The highest BCUT2D eigenvalue weighted by Gasteiger charge is 2.24. The molecule has 1 aliphatic heterocycles. The number of aromatic nitrogens is 2. The van der Waals surface area contributed by atoms with Gasteiger partial charge in [0.1, 0.15) is 18.0 Å². The van der Waals surface area contributed by atoms with Gasteiger partial charge in [-0.25, -0.2) is 4.98 Å². The second-order valence-corrected chi connectivity index (χ2v) is 10.0. The number of thioether (sulfide) groups is 1. The summed E-state index contributed by atoms with van der Waals surface area (Å²) in [6.07, 6.45) is 3.02. The number of aryl methyl sites for hydroxylation is 2. The van der Waals surface area contributed by atoms with Crippen LogP contribution in [0.3, 0.4) is 0 Å². The predicted molar refractivity (Wildman–Crippen MR) is 130 cm³/mol. The van der Waals surface area contributed by atoms with Gasteiger partial charge in [0.05, 0.1) is 16.8 Å². The number of fused-ring (bicyclic) bond motifs is 4. The summed E-state index contributed by atoms with van der Waals surface area (Å²) < 4.78 is 12.8. The zero-order valence-corrected chi connectivity index (χ0v) is 19.3. The molecule has 4 aromatic rings. The Balaban J connectivity index is 1.37. The topological polar surface area (TPSA) is 70.4 Å². The third-order valence-corrected chi connectivity index (χ3v) is 8.04. The molecule has 0 bridgehead atoms. The van der Waals surface area contributed by atoms with Crippen LogP contribution in [0.1, 0.15) is 27.2 Å². The first-order chi connectivity index (χ1) is 16.2. The van der Waals surface area contributed by atoms with Gasteiger partial charge in [0.25, 0.3) is 5.56 Å². The molecule has 0 unspecified atom stereocenters. The maximum Gasteiger partial charge on any atom is 0.267 e. The minimum Gasteiger partial charge on any atom is -0.486 e. The molecule has 0 fully saturated rings. The molecule has 0 spiro atoms. The van der Waals surface area contributed by atoms with E-state index >= 15 is 0 Å². The van der Waals surface area contributed by atoms with Crippen LogP contribution in [0.5, 0.6) is 11.5 Å². The largest absolute Gasteiger partial charge is 0.486 e. The van der Waals surface area contributed by atoms with Gasteiger partial charge in [0.2, 0.25) is 0 Å². The van der Waals surface area contributed by atoms with E-state index in [1.54, 1.807) is 34.1 Å². The van der Waals surface area contributed by atoms with E-state index in [1.807, 2.05) is 30.3 Å². The lowest BCUT2D eigenvalue weighted by molar-refractivity contribution is 0.102. The number of carbonyl (C=O) groups excluding carboxylic acids is 1. The number of para-hydroxylation sites is 1. The Morgan fingerprint density at radius 2 is 1.88 bits per heavy atom. The molecule has 0 atom stereocenters. The van der Waals surface area contributed by atoms with Crippen LogP contribution in [-0.4, -0.2) is 34.3 Å². The maximum atomic E-state index is 13.6. The average molecular weight is 477 g/mol. The van der Waals surface area contributed by atoms with Gasteiger partial charge < -0.3 is 9.47 Å². The summed E-state index contributed by atoms with van der Waals surface area (Å²) in [4.78, 5) is 33.5. The van der Waals surface area contributed by atoms with Gasteiger partial charge in [-0.3, -0.25) is 14.2 Å². The fraction of sp³-hybridized carbons (Fsp3) is 0.240. The number of Topliss-reactive ketones (excluding diaryl/α,β-unsaturated/α-hetero) is 1. The van der Waals surface area contributed by atoms with Crippen molar-refractivity contribution < 1.29 is 14.3 Å². The number of ether oxygens (including phenoxy) is 2. The Labute approximate surface area is 198 Å². The molecule has 2 aliphatic rings. The zero-order chi connectivity index (χ0) is 22.4. The van der Waals surface area contributed by atoms with E-state index in [2.05, 4.69) is 0 Å². The zero-order valence-electron chi connectivity index (χ0n) is 17.7. The number of rotatable bonds is 5. The second-order valence-electron chi connectivity index (χ2n) is 7.98. The van der Waals surface area contributed by atoms with E-state index in [-0.39, 0.29) is 17.1 Å². The Morgan fingerprint density at radius 1 is 1.06 bits per heavy atom. The van der Waals surface area contributed by atoms with Crippen LogP contribution in [0.15, 0.2) is 58.5 Å². The summed E-state index contributed by atoms with van der Waals surface area (Å²) in [5.41, 5.74) is 2.40. The Bertz CT molecular complexity index is 1440. The van der Waals surface area contributed by atoms with Gasteiger partial charge in [0.15, 0.2) is 22.4 Å². The number of nitrogens with zero attached hydrogens (tertiary/aromatic N) is 2. The lowest BCUT2D eigenvalue weighted by Crippen LogP contribution is -2.22. The molecule has 3 heterocycles. The summed E-state index contributed by atoms with van der Waals surface area (Å²) >= 11 is 2.90. The first-order valence-electron chi connectivity index (χ1n) is 10.9. The van der Waals surface area contributed by atoms with Gasteiger partial charge in [-0.1, -0.05) is 30.0 Å². The van der Waals surface area contributed by atoms with Gasteiger partial charge in [-0.05, 0) is 55.2 Å². The lowest BCUT2D eigenvalue weighted by Gasteiger charge is -2.18. The van der Waals surface area contributed by atoms with Gasteiger partial charge in [-0.2, -0.15) is 0 Å². The molecule has 0 saturated heterocycles. The minimum atomic E-state index is -0.0559. The van der Waals surface area contributed by atoms with Crippen molar-refractivity contribution in [1.82, 2.24) is 9.55 Å². The van der Waals surface area contributed by atoms with Crippen molar-refractivity contribution in [3.8, 4) is 17.2 Å². The summed E-state index contributed by atoms with van der Waals surface area (Å²) in [6.45, 7) is 0.977. The van der Waals surface area contributed by atoms with E-state index in [4.69, 9.17) is 14.5 Å². The van der Waals surface area contributed by atoms with Crippen LogP contribution in [0.25, 0.3) is 15.9 Å². The summed E-state index contributed by atoms with van der Waals surface area (Å²) in [5.74, 6) is 1.35. The van der Waals surface area contributed by atoms with E-state index in [9.17, 15) is 9.59 Å². The van der Waals surface area contributed by atoms with E-state index in [1.165, 1.54) is 16.6 Å². The molecule has 1 aliphatic carbocycles. The molecule has 2 aromatic heterocycles. The standard InChI is InChI=1S/C25H20N2O4S2/c28-18(15-9-10-19-20(13-15)31-12-11-30-19)14-32-25-26-23-22(17-7-4-8-21(17)33-23)24(29)27(25)16-5-2-1-3-6-16/h1-3,5-6,9-10,13H,4,7-8,11-12,14H2. The van der Waals surface area contributed by atoms with E-state index in [0.717, 1.165) is 40.7 Å². The predicted octanol–water partition coefficient (Wildman–Crippen LogP) is 4.68. The molecule has 6 nitrogen and oxygen atoms in total. The molecule has 166 valence electrons. The number of hydrogen-bond acceptors (Lipinski definition) is 7. The van der Waals surface area contributed by atoms with Crippen molar-refractivity contribution >= 4 is 39.1 Å². The molecule has 8 heteroatoms. The third kappa shape index (κ3) is 3.63. The van der Waals surface area contributed by atoms with Crippen molar-refractivity contribution in [2.75, 3.05) is 19.0 Å². The molecule has 0 amide bonds.